The number of rotatable bonds is 8. The summed E-state index contributed by atoms with van der Waals surface area (Å²) in [5, 5.41) is 12.5. The quantitative estimate of drug-likeness (QED) is 0.300. The summed E-state index contributed by atoms with van der Waals surface area (Å²) >= 11 is 1.71. The molecular weight excluding hydrogens is 446 g/mol. The van der Waals surface area contributed by atoms with Gasteiger partial charge in [0, 0.05) is 33.0 Å². The van der Waals surface area contributed by atoms with Crippen LogP contribution in [0.15, 0.2) is 60.0 Å². The average molecular weight is 472 g/mol. The molecule has 0 amide bonds. The van der Waals surface area contributed by atoms with E-state index in [4.69, 9.17) is 14.6 Å². The number of ether oxygens (including phenoxy) is 2. The van der Waals surface area contributed by atoms with Crippen LogP contribution in [0.3, 0.4) is 0 Å². The van der Waals surface area contributed by atoms with Gasteiger partial charge in [0.15, 0.2) is 0 Å². The molecule has 2 aromatic carbocycles. The number of carboxylic acid groups (broad SMARTS) is 1. The van der Waals surface area contributed by atoms with Gasteiger partial charge in [0.2, 0.25) is 5.88 Å². The van der Waals surface area contributed by atoms with Gasteiger partial charge in [-0.25, -0.2) is 4.98 Å². The van der Waals surface area contributed by atoms with Crippen molar-refractivity contribution in [3.8, 4) is 34.6 Å². The lowest BCUT2D eigenvalue weighted by atomic mass is 9.96. The second kappa shape index (κ2) is 10.4. The molecule has 172 valence electrons. The van der Waals surface area contributed by atoms with Crippen molar-refractivity contribution >= 4 is 27.4 Å². The van der Waals surface area contributed by atoms with E-state index in [-0.39, 0.29) is 12.3 Å². The van der Waals surface area contributed by atoms with Crippen LogP contribution in [-0.2, 0) is 11.4 Å². The second-order valence-electron chi connectivity index (χ2n) is 7.87. The number of carboxylic acids is 1. The summed E-state index contributed by atoms with van der Waals surface area (Å²) in [6.07, 6.45) is -0.0206. The van der Waals surface area contributed by atoms with Gasteiger partial charge in [-0.1, -0.05) is 24.1 Å². The van der Waals surface area contributed by atoms with Crippen LogP contribution in [0, 0.1) is 18.8 Å². The molecule has 34 heavy (non-hydrogen) atoms. The Balaban J connectivity index is 1.51. The van der Waals surface area contributed by atoms with E-state index in [1.807, 2.05) is 43.3 Å². The molecule has 5 nitrogen and oxygen atoms in total. The van der Waals surface area contributed by atoms with Crippen LogP contribution in [0.5, 0.6) is 11.6 Å². The van der Waals surface area contributed by atoms with Crippen molar-refractivity contribution in [3.05, 3.63) is 76.8 Å². The Hall–Kier alpha value is -3.82. The molecule has 0 aliphatic carbocycles. The lowest BCUT2D eigenvalue weighted by Crippen LogP contribution is -2.04. The molecule has 1 atom stereocenters. The topological polar surface area (TPSA) is 68.7 Å². The molecule has 0 aliphatic rings. The lowest BCUT2D eigenvalue weighted by molar-refractivity contribution is -0.137. The fraction of sp³-hybridized carbons (Fsp3) is 0.214. The van der Waals surface area contributed by atoms with Crippen LogP contribution >= 0.6 is 11.3 Å². The van der Waals surface area contributed by atoms with Gasteiger partial charge >= 0.3 is 5.97 Å². The Kier molecular flexibility index (Phi) is 7.15. The number of thiophene rings is 1. The van der Waals surface area contributed by atoms with E-state index in [0.29, 0.717) is 12.5 Å². The number of aryl methyl sites for hydroxylation is 1. The third-order valence-corrected chi connectivity index (χ3v) is 6.55. The number of fused-ring (bicyclic) bond motifs is 1. The number of hydrogen-bond donors (Lipinski definition) is 1. The highest BCUT2D eigenvalue weighted by molar-refractivity contribution is 7.17. The summed E-state index contributed by atoms with van der Waals surface area (Å²) in [7, 11) is 1.62. The molecule has 4 aromatic rings. The predicted molar refractivity (Wildman–Crippen MR) is 136 cm³/mol. The molecule has 2 aromatic heterocycles. The van der Waals surface area contributed by atoms with E-state index in [1.165, 1.54) is 10.1 Å². The Bertz CT molecular complexity index is 1380. The van der Waals surface area contributed by atoms with Gasteiger partial charge in [0.1, 0.15) is 12.4 Å². The van der Waals surface area contributed by atoms with Gasteiger partial charge in [0.05, 0.1) is 19.4 Å². The van der Waals surface area contributed by atoms with Gasteiger partial charge in [-0.2, -0.15) is 0 Å². The monoisotopic (exact) mass is 471 g/mol. The summed E-state index contributed by atoms with van der Waals surface area (Å²) in [5.74, 6) is 5.93. The molecule has 0 aliphatic heterocycles. The fourth-order valence-electron chi connectivity index (χ4n) is 3.88. The van der Waals surface area contributed by atoms with Crippen molar-refractivity contribution in [1.82, 2.24) is 4.98 Å². The largest absolute Gasteiger partial charge is 0.489 e. The average Bonchev–Trinajstić information content (AvgIpc) is 3.25. The van der Waals surface area contributed by atoms with Crippen LogP contribution in [0.4, 0.5) is 0 Å². The Labute approximate surface area is 203 Å². The number of pyridine rings is 1. The first-order valence-corrected chi connectivity index (χ1v) is 11.8. The zero-order valence-corrected chi connectivity index (χ0v) is 20.1. The van der Waals surface area contributed by atoms with Crippen LogP contribution in [0.1, 0.15) is 36.1 Å². The Morgan fingerprint density at radius 2 is 1.91 bits per heavy atom. The maximum Gasteiger partial charge on any atom is 0.304 e. The minimum Gasteiger partial charge on any atom is -0.489 e. The number of benzene rings is 2. The van der Waals surface area contributed by atoms with Crippen molar-refractivity contribution in [3.63, 3.8) is 0 Å². The lowest BCUT2D eigenvalue weighted by Gasteiger charge is -2.11. The normalized spacial score (nSPS) is 11.5. The number of methoxy groups -OCH3 is 1. The minimum absolute atomic E-state index is 0.0206. The molecular formula is C28H25NO4S. The van der Waals surface area contributed by atoms with Gasteiger partial charge < -0.3 is 14.6 Å². The Morgan fingerprint density at radius 3 is 2.59 bits per heavy atom. The first kappa shape index (κ1) is 23.3. The van der Waals surface area contributed by atoms with Crippen LogP contribution in [-0.4, -0.2) is 23.2 Å². The molecule has 1 N–H and O–H groups in total. The smallest absolute Gasteiger partial charge is 0.304 e. The second-order valence-corrected chi connectivity index (χ2v) is 8.78. The first-order valence-electron chi connectivity index (χ1n) is 10.9. The molecule has 0 radical (unpaired) electrons. The van der Waals surface area contributed by atoms with Crippen LogP contribution < -0.4 is 9.47 Å². The first-order chi connectivity index (χ1) is 16.5. The van der Waals surface area contributed by atoms with Crippen molar-refractivity contribution in [2.24, 2.45) is 0 Å². The highest BCUT2D eigenvalue weighted by atomic mass is 32.1. The standard InChI is InChI=1S/C28H25NO4S/c1-4-5-21(15-28(30)31)20-7-9-22(10-8-20)33-16-19-6-12-26-24(14-19)25(17-34-26)23-11-13-27(32-3)29-18(23)2/h6-14,17,21H,15-16H2,1-3H3,(H,30,31). The van der Waals surface area contributed by atoms with Crippen molar-refractivity contribution in [2.45, 2.75) is 32.8 Å². The van der Waals surface area contributed by atoms with Crippen molar-refractivity contribution in [1.29, 1.82) is 0 Å². The highest BCUT2D eigenvalue weighted by Gasteiger charge is 2.14. The van der Waals surface area contributed by atoms with E-state index >= 15 is 0 Å². The molecule has 0 bridgehead atoms. The summed E-state index contributed by atoms with van der Waals surface area (Å²) in [5.41, 5.74) is 5.11. The number of carbonyl (C=O) groups is 1. The maximum atomic E-state index is 11.1. The fourth-order valence-corrected chi connectivity index (χ4v) is 4.82. The number of nitrogens with zero attached hydrogens (tertiary/aromatic N) is 1. The Morgan fingerprint density at radius 1 is 1.12 bits per heavy atom. The van der Waals surface area contributed by atoms with Gasteiger partial charge in [-0.15, -0.1) is 17.3 Å². The third-order valence-electron chi connectivity index (χ3n) is 5.58. The van der Waals surface area contributed by atoms with Crippen molar-refractivity contribution in [2.75, 3.05) is 7.11 Å². The third kappa shape index (κ3) is 5.22. The summed E-state index contributed by atoms with van der Waals surface area (Å²) in [6, 6.07) is 17.8. The molecule has 2 heterocycles. The van der Waals surface area contributed by atoms with E-state index in [2.05, 4.69) is 40.4 Å². The van der Waals surface area contributed by atoms with E-state index < -0.39 is 5.97 Å². The molecule has 0 saturated heterocycles. The zero-order chi connectivity index (χ0) is 24.1. The molecule has 4 rings (SSSR count). The van der Waals surface area contributed by atoms with E-state index in [0.717, 1.165) is 33.7 Å². The zero-order valence-electron chi connectivity index (χ0n) is 19.3. The summed E-state index contributed by atoms with van der Waals surface area (Å²) in [6.45, 7) is 4.14. The number of hydrogen-bond acceptors (Lipinski definition) is 5. The number of aliphatic carboxylic acids is 1. The SMILES string of the molecule is CC#CC(CC(=O)O)c1ccc(OCc2ccc3scc(-c4ccc(OC)nc4C)c3c2)cc1. The van der Waals surface area contributed by atoms with E-state index in [9.17, 15) is 4.79 Å². The molecule has 1 unspecified atom stereocenters. The van der Waals surface area contributed by atoms with Crippen LogP contribution in [0.25, 0.3) is 21.2 Å². The van der Waals surface area contributed by atoms with E-state index in [1.54, 1.807) is 25.4 Å². The van der Waals surface area contributed by atoms with Crippen molar-refractivity contribution < 1.29 is 19.4 Å². The molecule has 0 spiro atoms. The summed E-state index contributed by atoms with van der Waals surface area (Å²) in [4.78, 5) is 15.6. The van der Waals surface area contributed by atoms with Gasteiger partial charge in [-0.3, -0.25) is 4.79 Å². The summed E-state index contributed by atoms with van der Waals surface area (Å²) < 4.78 is 12.5. The molecule has 0 saturated carbocycles. The number of aromatic nitrogens is 1. The molecule has 0 fully saturated rings. The maximum absolute atomic E-state index is 11.1. The van der Waals surface area contributed by atoms with Gasteiger partial charge in [-0.05, 0) is 60.7 Å². The highest BCUT2D eigenvalue weighted by Crippen LogP contribution is 2.36. The predicted octanol–water partition coefficient (Wildman–Crippen LogP) is 6.44. The van der Waals surface area contributed by atoms with Crippen LogP contribution in [0.2, 0.25) is 0 Å². The molecule has 6 heteroatoms. The van der Waals surface area contributed by atoms with Gasteiger partial charge in [0.25, 0.3) is 0 Å². The minimum atomic E-state index is -0.864.